The van der Waals surface area contributed by atoms with E-state index in [1.54, 1.807) is 20.3 Å². The van der Waals surface area contributed by atoms with Crippen molar-refractivity contribution in [2.24, 2.45) is 0 Å². The second-order valence-corrected chi connectivity index (χ2v) is 6.47. The summed E-state index contributed by atoms with van der Waals surface area (Å²) in [6.45, 7) is 0.329. The van der Waals surface area contributed by atoms with Crippen LogP contribution in [0.2, 0.25) is 0 Å². The topological polar surface area (TPSA) is 91.2 Å². The van der Waals surface area contributed by atoms with Crippen molar-refractivity contribution in [1.29, 1.82) is 0 Å². The van der Waals surface area contributed by atoms with Gasteiger partial charge < -0.3 is 14.8 Å². The van der Waals surface area contributed by atoms with Crippen LogP contribution in [-0.4, -0.2) is 40.3 Å². The van der Waals surface area contributed by atoms with Gasteiger partial charge in [0.1, 0.15) is 0 Å². The van der Waals surface area contributed by atoms with E-state index >= 15 is 0 Å². The Balaban J connectivity index is 1.57. The number of carbonyl (C=O) groups is 1. The number of hydrogen-bond acceptors (Lipinski definition) is 6. The van der Waals surface area contributed by atoms with Crippen molar-refractivity contribution in [1.82, 2.24) is 25.5 Å². The SMILES string of the molecule is COc1ccc(CC(=O)NCc2nnnn2C2CCCCC2)cc1OC. The Kier molecular flexibility index (Phi) is 6.04. The van der Waals surface area contributed by atoms with Gasteiger partial charge in [0.15, 0.2) is 17.3 Å². The summed E-state index contributed by atoms with van der Waals surface area (Å²) in [5, 5.41) is 14.9. The summed E-state index contributed by atoms with van der Waals surface area (Å²) in [4.78, 5) is 12.3. The van der Waals surface area contributed by atoms with Gasteiger partial charge in [0.25, 0.3) is 0 Å². The number of benzene rings is 1. The van der Waals surface area contributed by atoms with Crippen molar-refractivity contribution in [2.45, 2.75) is 51.1 Å². The lowest BCUT2D eigenvalue weighted by atomic mass is 9.95. The first kappa shape index (κ1) is 18.2. The maximum absolute atomic E-state index is 12.3. The van der Waals surface area contributed by atoms with E-state index in [1.807, 2.05) is 16.8 Å². The molecule has 0 unspecified atom stereocenters. The van der Waals surface area contributed by atoms with Crippen LogP contribution in [-0.2, 0) is 17.8 Å². The van der Waals surface area contributed by atoms with Gasteiger partial charge in [-0.15, -0.1) is 5.10 Å². The van der Waals surface area contributed by atoms with E-state index in [1.165, 1.54) is 19.3 Å². The van der Waals surface area contributed by atoms with E-state index in [0.29, 0.717) is 29.9 Å². The Morgan fingerprint density at radius 3 is 2.69 bits per heavy atom. The number of aromatic nitrogens is 4. The van der Waals surface area contributed by atoms with Crippen molar-refractivity contribution in [2.75, 3.05) is 14.2 Å². The highest BCUT2D eigenvalue weighted by atomic mass is 16.5. The number of methoxy groups -OCH3 is 2. The second kappa shape index (κ2) is 8.64. The van der Waals surface area contributed by atoms with Crippen molar-refractivity contribution in [3.05, 3.63) is 29.6 Å². The summed E-state index contributed by atoms with van der Waals surface area (Å²) in [5.74, 6) is 1.87. The molecule has 0 radical (unpaired) electrons. The van der Waals surface area contributed by atoms with E-state index in [2.05, 4.69) is 20.8 Å². The number of rotatable bonds is 7. The van der Waals surface area contributed by atoms with Gasteiger partial charge in [-0.1, -0.05) is 25.3 Å². The molecule has 1 aromatic heterocycles. The molecule has 1 aliphatic carbocycles. The van der Waals surface area contributed by atoms with Gasteiger partial charge in [-0.05, 0) is 41.0 Å². The van der Waals surface area contributed by atoms with Crippen LogP contribution in [0.1, 0.15) is 49.5 Å². The quantitative estimate of drug-likeness (QED) is 0.814. The Hall–Kier alpha value is -2.64. The van der Waals surface area contributed by atoms with Gasteiger partial charge in [0.2, 0.25) is 5.91 Å². The number of carbonyl (C=O) groups excluding carboxylic acids is 1. The predicted octanol–water partition coefficient (Wildman–Crippen LogP) is 2.05. The Morgan fingerprint density at radius 1 is 1.19 bits per heavy atom. The number of nitrogens with one attached hydrogen (secondary N) is 1. The standard InChI is InChI=1S/C18H25N5O3/c1-25-15-9-8-13(10-16(15)26-2)11-18(24)19-12-17-20-21-22-23(17)14-6-4-3-5-7-14/h8-10,14H,3-7,11-12H2,1-2H3,(H,19,24). The van der Waals surface area contributed by atoms with Crippen molar-refractivity contribution < 1.29 is 14.3 Å². The fraction of sp³-hybridized carbons (Fsp3) is 0.556. The summed E-state index contributed by atoms with van der Waals surface area (Å²) in [6, 6.07) is 5.80. The molecular weight excluding hydrogens is 334 g/mol. The first-order chi connectivity index (χ1) is 12.7. The third-order valence-corrected chi connectivity index (χ3v) is 4.74. The second-order valence-electron chi connectivity index (χ2n) is 6.47. The summed E-state index contributed by atoms with van der Waals surface area (Å²) < 4.78 is 12.4. The molecule has 0 bridgehead atoms. The molecular formula is C18H25N5O3. The predicted molar refractivity (Wildman–Crippen MR) is 95.0 cm³/mol. The van der Waals surface area contributed by atoms with Gasteiger partial charge in [-0.3, -0.25) is 4.79 Å². The van der Waals surface area contributed by atoms with Gasteiger partial charge in [0, 0.05) is 0 Å². The van der Waals surface area contributed by atoms with Crippen LogP contribution in [0.5, 0.6) is 11.5 Å². The largest absolute Gasteiger partial charge is 0.493 e. The fourth-order valence-corrected chi connectivity index (χ4v) is 3.35. The Morgan fingerprint density at radius 2 is 1.96 bits per heavy atom. The molecule has 3 rings (SSSR count). The summed E-state index contributed by atoms with van der Waals surface area (Å²) in [7, 11) is 3.16. The minimum absolute atomic E-state index is 0.0876. The first-order valence-corrected chi connectivity index (χ1v) is 8.95. The Bertz CT molecular complexity index is 740. The maximum atomic E-state index is 12.3. The van der Waals surface area contributed by atoms with Crippen LogP contribution in [0.4, 0.5) is 0 Å². The summed E-state index contributed by atoms with van der Waals surface area (Å²) >= 11 is 0. The highest BCUT2D eigenvalue weighted by molar-refractivity contribution is 5.78. The van der Waals surface area contributed by atoms with E-state index in [9.17, 15) is 4.79 Å². The average molecular weight is 359 g/mol. The van der Waals surface area contributed by atoms with Crippen LogP contribution in [0, 0.1) is 0 Å². The van der Waals surface area contributed by atoms with Crippen LogP contribution < -0.4 is 14.8 Å². The molecule has 0 aliphatic heterocycles. The normalized spacial score (nSPS) is 14.8. The molecule has 1 heterocycles. The van der Waals surface area contributed by atoms with E-state index < -0.39 is 0 Å². The molecule has 8 nitrogen and oxygen atoms in total. The summed E-state index contributed by atoms with van der Waals surface area (Å²) in [5.41, 5.74) is 0.854. The highest BCUT2D eigenvalue weighted by Crippen LogP contribution is 2.28. The number of hydrogen-bond donors (Lipinski definition) is 1. The van der Waals surface area contributed by atoms with Gasteiger partial charge >= 0.3 is 0 Å². The number of nitrogens with zero attached hydrogens (tertiary/aromatic N) is 4. The smallest absolute Gasteiger partial charge is 0.224 e. The fourth-order valence-electron chi connectivity index (χ4n) is 3.35. The lowest BCUT2D eigenvalue weighted by molar-refractivity contribution is -0.120. The van der Waals surface area contributed by atoms with Crippen molar-refractivity contribution in [3.8, 4) is 11.5 Å². The van der Waals surface area contributed by atoms with Crippen molar-refractivity contribution >= 4 is 5.91 Å². The molecule has 0 atom stereocenters. The minimum Gasteiger partial charge on any atom is -0.493 e. The zero-order valence-corrected chi connectivity index (χ0v) is 15.3. The number of amides is 1. The molecule has 1 amide bonds. The van der Waals surface area contributed by atoms with E-state index in [0.717, 1.165) is 18.4 Å². The third kappa shape index (κ3) is 4.30. The molecule has 0 spiro atoms. The Labute approximate surface area is 152 Å². The number of ether oxygens (including phenoxy) is 2. The molecule has 26 heavy (non-hydrogen) atoms. The molecule has 1 aliphatic rings. The highest BCUT2D eigenvalue weighted by Gasteiger charge is 2.20. The molecule has 1 aromatic carbocycles. The molecule has 8 heteroatoms. The van der Waals surface area contributed by atoms with Gasteiger partial charge in [-0.25, -0.2) is 4.68 Å². The average Bonchev–Trinajstić information content (AvgIpc) is 3.15. The van der Waals surface area contributed by atoms with Crippen LogP contribution in [0.15, 0.2) is 18.2 Å². The molecule has 140 valence electrons. The maximum Gasteiger partial charge on any atom is 0.224 e. The van der Waals surface area contributed by atoms with Crippen LogP contribution >= 0.6 is 0 Å². The molecule has 1 N–H and O–H groups in total. The third-order valence-electron chi connectivity index (χ3n) is 4.74. The zero-order chi connectivity index (χ0) is 18.4. The van der Waals surface area contributed by atoms with E-state index in [-0.39, 0.29) is 12.3 Å². The molecule has 1 saturated carbocycles. The van der Waals surface area contributed by atoms with Gasteiger partial charge in [0.05, 0.1) is 33.2 Å². The lowest BCUT2D eigenvalue weighted by Gasteiger charge is -2.22. The zero-order valence-electron chi connectivity index (χ0n) is 15.3. The van der Waals surface area contributed by atoms with Crippen molar-refractivity contribution in [3.63, 3.8) is 0 Å². The summed E-state index contributed by atoms with van der Waals surface area (Å²) in [6.07, 6.45) is 6.13. The van der Waals surface area contributed by atoms with Gasteiger partial charge in [-0.2, -0.15) is 0 Å². The van der Waals surface area contributed by atoms with E-state index in [4.69, 9.17) is 9.47 Å². The first-order valence-electron chi connectivity index (χ1n) is 8.95. The lowest BCUT2D eigenvalue weighted by Crippen LogP contribution is -2.27. The molecule has 1 fully saturated rings. The van der Waals surface area contributed by atoms with Crippen LogP contribution in [0.3, 0.4) is 0 Å². The minimum atomic E-state index is -0.0876. The molecule has 2 aromatic rings. The monoisotopic (exact) mass is 359 g/mol. The number of tetrazole rings is 1. The van der Waals surface area contributed by atoms with Crippen LogP contribution in [0.25, 0.3) is 0 Å². The molecule has 0 saturated heterocycles.